The highest BCUT2D eigenvalue weighted by Gasteiger charge is 2.31. The lowest BCUT2D eigenvalue weighted by Crippen LogP contribution is -2.18. The van der Waals surface area contributed by atoms with Crippen molar-refractivity contribution in [2.24, 2.45) is 0 Å². The fraction of sp³-hybridized carbons (Fsp3) is 0.353. The number of nitrogens with one attached hydrogen (secondary N) is 1. The normalized spacial score (nSPS) is 24.2. The second-order valence-corrected chi connectivity index (χ2v) is 7.70. The molecule has 1 fully saturated rings. The molecule has 146 valence electrons. The standard InChI is InChI=1S/C17H18N5O5P/c18-17-20-15-14(16(23)21-17)19-9-22(15)13-6-5-11(26-13)8-25-28-24-7-10-3-1-2-4-12(10)27-28/h1-4,9,11,13H,5-8H2,(H3,18,20,21,23). The van der Waals surface area contributed by atoms with E-state index in [2.05, 4.69) is 15.0 Å². The molecule has 2 aliphatic rings. The van der Waals surface area contributed by atoms with Crippen LogP contribution in [0.3, 0.4) is 0 Å². The number of hydrogen-bond donors (Lipinski definition) is 2. The fourth-order valence-electron chi connectivity index (χ4n) is 3.32. The van der Waals surface area contributed by atoms with Crippen LogP contribution in [0.25, 0.3) is 11.2 Å². The van der Waals surface area contributed by atoms with Crippen molar-refractivity contribution in [2.45, 2.75) is 31.8 Å². The van der Waals surface area contributed by atoms with Gasteiger partial charge in [0, 0.05) is 5.56 Å². The van der Waals surface area contributed by atoms with Crippen LogP contribution in [0, 0.1) is 0 Å². The minimum absolute atomic E-state index is 0.0480. The van der Waals surface area contributed by atoms with Crippen molar-refractivity contribution < 1.29 is 18.3 Å². The van der Waals surface area contributed by atoms with Crippen molar-refractivity contribution in [3.8, 4) is 5.75 Å². The maximum Gasteiger partial charge on any atom is 0.397 e. The minimum Gasteiger partial charge on any atom is -0.426 e. The third-order valence-electron chi connectivity index (χ3n) is 4.68. The predicted octanol–water partition coefficient (Wildman–Crippen LogP) is 2.23. The molecule has 0 radical (unpaired) electrons. The third kappa shape index (κ3) is 3.24. The molecule has 11 heteroatoms. The van der Waals surface area contributed by atoms with E-state index in [1.54, 1.807) is 10.9 Å². The molecule has 0 aliphatic carbocycles. The summed E-state index contributed by atoms with van der Waals surface area (Å²) < 4.78 is 25.0. The molecule has 3 atom stereocenters. The predicted molar refractivity (Wildman–Crippen MR) is 100 cm³/mol. The van der Waals surface area contributed by atoms with E-state index < -0.39 is 8.60 Å². The minimum atomic E-state index is -1.44. The highest BCUT2D eigenvalue weighted by atomic mass is 31.2. The average Bonchev–Trinajstić information content (AvgIpc) is 3.33. The van der Waals surface area contributed by atoms with Crippen LogP contribution >= 0.6 is 8.60 Å². The van der Waals surface area contributed by atoms with Crippen LogP contribution in [0.5, 0.6) is 5.75 Å². The Morgan fingerprint density at radius 2 is 2.25 bits per heavy atom. The zero-order valence-electron chi connectivity index (χ0n) is 14.8. The number of nitrogen functional groups attached to an aromatic ring is 1. The largest absolute Gasteiger partial charge is 0.426 e. The van der Waals surface area contributed by atoms with E-state index in [0.29, 0.717) is 18.9 Å². The van der Waals surface area contributed by atoms with Crippen molar-refractivity contribution in [2.75, 3.05) is 12.3 Å². The molecule has 1 aromatic carbocycles. The number of anilines is 1. The highest BCUT2D eigenvalue weighted by Crippen LogP contribution is 2.47. The van der Waals surface area contributed by atoms with Crippen LogP contribution in [0.2, 0.25) is 0 Å². The Morgan fingerprint density at radius 1 is 1.36 bits per heavy atom. The summed E-state index contributed by atoms with van der Waals surface area (Å²) in [7, 11) is -1.44. The van der Waals surface area contributed by atoms with Crippen LogP contribution in [0.4, 0.5) is 5.95 Å². The van der Waals surface area contributed by atoms with E-state index in [1.807, 2.05) is 24.3 Å². The number of imidazole rings is 1. The van der Waals surface area contributed by atoms with Gasteiger partial charge in [-0.25, -0.2) is 4.98 Å². The van der Waals surface area contributed by atoms with E-state index in [1.165, 1.54) is 0 Å². The van der Waals surface area contributed by atoms with Gasteiger partial charge < -0.3 is 15.0 Å². The molecule has 28 heavy (non-hydrogen) atoms. The van der Waals surface area contributed by atoms with Gasteiger partial charge in [0.1, 0.15) is 12.0 Å². The molecule has 1 saturated heterocycles. The first-order chi connectivity index (χ1) is 13.7. The van der Waals surface area contributed by atoms with Gasteiger partial charge in [-0.15, -0.1) is 0 Å². The number of ether oxygens (including phenoxy) is 1. The first kappa shape index (κ1) is 17.6. The van der Waals surface area contributed by atoms with E-state index >= 15 is 0 Å². The number of rotatable bonds is 4. The van der Waals surface area contributed by atoms with Gasteiger partial charge in [-0.3, -0.25) is 23.4 Å². The number of aromatic nitrogens is 4. The maximum absolute atomic E-state index is 11.9. The summed E-state index contributed by atoms with van der Waals surface area (Å²) in [6.45, 7) is 0.825. The van der Waals surface area contributed by atoms with E-state index in [0.717, 1.165) is 24.2 Å². The first-order valence-electron chi connectivity index (χ1n) is 8.87. The SMILES string of the molecule is Nc1nc2c(ncn2C2CCC(COP3OCc4ccccc4O3)O2)c(=O)[nH]1. The van der Waals surface area contributed by atoms with Gasteiger partial charge in [0.05, 0.1) is 25.6 Å². The Kier molecular flexibility index (Phi) is 4.48. The molecule has 2 aliphatic heterocycles. The van der Waals surface area contributed by atoms with Crippen molar-refractivity contribution in [3.63, 3.8) is 0 Å². The number of H-pyrrole nitrogens is 1. The molecule has 0 bridgehead atoms. The van der Waals surface area contributed by atoms with Crippen molar-refractivity contribution >= 4 is 25.7 Å². The fourth-order valence-corrected chi connectivity index (χ4v) is 4.37. The lowest BCUT2D eigenvalue weighted by Gasteiger charge is -2.24. The van der Waals surface area contributed by atoms with Crippen LogP contribution in [0.15, 0.2) is 35.4 Å². The van der Waals surface area contributed by atoms with Crippen LogP contribution in [-0.4, -0.2) is 32.2 Å². The van der Waals surface area contributed by atoms with Crippen molar-refractivity contribution in [1.82, 2.24) is 19.5 Å². The van der Waals surface area contributed by atoms with Crippen LogP contribution in [-0.2, 0) is 20.4 Å². The molecule has 2 aromatic heterocycles. The van der Waals surface area contributed by atoms with E-state index in [4.69, 9.17) is 24.0 Å². The summed E-state index contributed by atoms with van der Waals surface area (Å²) in [6, 6.07) is 7.74. The lowest BCUT2D eigenvalue weighted by molar-refractivity contribution is -0.0190. The van der Waals surface area contributed by atoms with Gasteiger partial charge in [0.15, 0.2) is 11.2 Å². The topological polar surface area (TPSA) is 127 Å². The number of nitrogens with two attached hydrogens (primary N) is 1. The summed E-state index contributed by atoms with van der Waals surface area (Å²) in [6.07, 6.45) is 2.69. The molecule has 3 N–H and O–H groups in total. The van der Waals surface area contributed by atoms with Crippen molar-refractivity contribution in [1.29, 1.82) is 0 Å². The number of hydrogen-bond acceptors (Lipinski definition) is 8. The Bertz CT molecular complexity index is 1070. The molecule has 3 aromatic rings. The highest BCUT2D eigenvalue weighted by molar-refractivity contribution is 7.42. The van der Waals surface area contributed by atoms with Crippen LogP contribution < -0.4 is 15.8 Å². The van der Waals surface area contributed by atoms with Gasteiger partial charge in [-0.1, -0.05) is 18.2 Å². The van der Waals surface area contributed by atoms with Crippen LogP contribution in [0.1, 0.15) is 24.6 Å². The lowest BCUT2D eigenvalue weighted by atomic mass is 10.2. The molecule has 0 spiro atoms. The Balaban J connectivity index is 1.22. The third-order valence-corrected chi connectivity index (χ3v) is 5.73. The smallest absolute Gasteiger partial charge is 0.397 e. The van der Waals surface area contributed by atoms with Crippen molar-refractivity contribution in [3.05, 3.63) is 46.5 Å². The number of para-hydroxylation sites is 1. The second kappa shape index (κ2) is 7.14. The van der Waals surface area contributed by atoms with Gasteiger partial charge in [-0.05, 0) is 18.9 Å². The number of benzene rings is 1. The summed E-state index contributed by atoms with van der Waals surface area (Å²) in [5, 5.41) is 0. The van der Waals surface area contributed by atoms with Gasteiger partial charge in [-0.2, -0.15) is 4.98 Å². The molecule has 3 unspecified atom stereocenters. The Morgan fingerprint density at radius 3 is 3.18 bits per heavy atom. The zero-order chi connectivity index (χ0) is 19.1. The van der Waals surface area contributed by atoms with E-state index in [9.17, 15) is 4.79 Å². The molecular weight excluding hydrogens is 385 g/mol. The molecule has 5 rings (SSSR count). The number of aromatic amines is 1. The zero-order valence-corrected chi connectivity index (χ0v) is 15.7. The molecule has 4 heterocycles. The molecular formula is C17H18N5O5P. The van der Waals surface area contributed by atoms with Gasteiger partial charge in [0.25, 0.3) is 5.56 Å². The summed E-state index contributed by atoms with van der Waals surface area (Å²) in [5.41, 5.74) is 6.94. The summed E-state index contributed by atoms with van der Waals surface area (Å²) in [5.74, 6) is 0.843. The quantitative estimate of drug-likeness (QED) is 0.635. The Hall–Kier alpha value is -2.52. The monoisotopic (exact) mass is 403 g/mol. The number of fused-ring (bicyclic) bond motifs is 2. The first-order valence-corrected chi connectivity index (χ1v) is 9.96. The molecule has 0 amide bonds. The second-order valence-electron chi connectivity index (χ2n) is 6.56. The Labute approximate surface area is 160 Å². The summed E-state index contributed by atoms with van der Waals surface area (Å²) in [4.78, 5) is 22.7. The number of nitrogens with zero attached hydrogens (tertiary/aromatic N) is 3. The molecule has 10 nitrogen and oxygen atoms in total. The average molecular weight is 403 g/mol. The molecule has 0 saturated carbocycles. The van der Waals surface area contributed by atoms with Gasteiger partial charge >= 0.3 is 8.60 Å². The maximum atomic E-state index is 11.9. The van der Waals surface area contributed by atoms with E-state index in [-0.39, 0.29) is 29.4 Å². The van der Waals surface area contributed by atoms with Gasteiger partial charge in [0.2, 0.25) is 5.95 Å². The summed E-state index contributed by atoms with van der Waals surface area (Å²) >= 11 is 0.